The number of carbonyl (C=O) groups excluding carboxylic acids is 1. The van der Waals surface area contributed by atoms with Crippen LogP contribution in [0.25, 0.3) is 0 Å². The van der Waals surface area contributed by atoms with Gasteiger partial charge in [-0.1, -0.05) is 47.7 Å². The number of ether oxygens (including phenoxy) is 1. The number of hydrogen-bond acceptors (Lipinski definition) is 5. The second-order valence-electron chi connectivity index (χ2n) is 7.32. The van der Waals surface area contributed by atoms with Crippen LogP contribution < -0.4 is 9.64 Å². The molecule has 2 unspecified atom stereocenters. The Morgan fingerprint density at radius 3 is 2.69 bits per heavy atom. The van der Waals surface area contributed by atoms with Crippen LogP contribution in [0.1, 0.15) is 11.1 Å². The van der Waals surface area contributed by atoms with Crippen LogP contribution in [0.15, 0.2) is 53.5 Å². The fraction of sp³-hybridized carbons (Fsp3) is 0.333. The van der Waals surface area contributed by atoms with Crippen LogP contribution in [0.5, 0.6) is 5.75 Å². The third-order valence-electron chi connectivity index (χ3n) is 5.09. The smallest absolute Gasteiger partial charge is 0.252 e. The lowest BCUT2D eigenvalue weighted by Gasteiger charge is -2.24. The molecule has 2 heterocycles. The number of benzene rings is 2. The highest BCUT2D eigenvalue weighted by molar-refractivity contribution is 8.16. The van der Waals surface area contributed by atoms with Gasteiger partial charge in [-0.25, -0.2) is 8.42 Å². The van der Waals surface area contributed by atoms with Crippen molar-refractivity contribution in [3.8, 4) is 5.75 Å². The van der Waals surface area contributed by atoms with Crippen LogP contribution in [0.3, 0.4) is 0 Å². The highest BCUT2D eigenvalue weighted by Gasteiger charge is 2.49. The summed E-state index contributed by atoms with van der Waals surface area (Å²) in [5, 5.41) is 0.428. The van der Waals surface area contributed by atoms with Crippen molar-refractivity contribution < 1.29 is 17.9 Å². The summed E-state index contributed by atoms with van der Waals surface area (Å²) in [4.78, 5) is 18.9. The summed E-state index contributed by atoms with van der Waals surface area (Å²) in [6.07, 6.45) is 0.212. The number of anilines is 1. The standard InChI is InChI=1S/C21H22N2O4S2/c1-14-6-8-15(9-7-14)10-20(24)22-21-23(16-4-3-5-17(11-16)27-2)18-12-29(25,26)13-19(18)28-21/h3-9,11,18-19H,10,12-13H2,1-2H3. The molecule has 0 aliphatic carbocycles. The van der Waals surface area contributed by atoms with E-state index in [0.717, 1.165) is 16.8 Å². The number of amidine groups is 1. The molecule has 29 heavy (non-hydrogen) atoms. The third-order valence-corrected chi connectivity index (χ3v) is 8.30. The number of hydrogen-bond donors (Lipinski definition) is 0. The predicted octanol–water partition coefficient (Wildman–Crippen LogP) is 2.85. The highest BCUT2D eigenvalue weighted by Crippen LogP contribution is 2.41. The van der Waals surface area contributed by atoms with E-state index in [0.29, 0.717) is 10.9 Å². The van der Waals surface area contributed by atoms with Gasteiger partial charge in [0.1, 0.15) is 5.75 Å². The Morgan fingerprint density at radius 2 is 1.97 bits per heavy atom. The lowest BCUT2D eigenvalue weighted by atomic mass is 10.1. The van der Waals surface area contributed by atoms with Gasteiger partial charge in [-0.05, 0) is 24.6 Å². The van der Waals surface area contributed by atoms with Crippen LogP contribution in [0, 0.1) is 6.92 Å². The third kappa shape index (κ3) is 4.33. The van der Waals surface area contributed by atoms with E-state index in [9.17, 15) is 13.2 Å². The molecule has 2 aromatic carbocycles. The summed E-state index contributed by atoms with van der Waals surface area (Å²) in [6, 6.07) is 15.0. The molecule has 8 heteroatoms. The van der Waals surface area contributed by atoms with Gasteiger partial charge in [-0.2, -0.15) is 4.99 Å². The Bertz CT molecular complexity index is 1060. The van der Waals surface area contributed by atoms with Crippen LogP contribution in [0.4, 0.5) is 5.69 Å². The Kier molecular flexibility index (Phi) is 5.40. The number of thioether (sulfide) groups is 1. The average Bonchev–Trinajstić information content (AvgIpc) is 3.14. The molecule has 2 saturated heterocycles. The zero-order chi connectivity index (χ0) is 20.6. The first-order valence-electron chi connectivity index (χ1n) is 9.32. The van der Waals surface area contributed by atoms with Crippen LogP contribution in [-0.2, 0) is 21.1 Å². The number of methoxy groups -OCH3 is 1. The minimum atomic E-state index is -3.10. The zero-order valence-corrected chi connectivity index (χ0v) is 17.9. The van der Waals surface area contributed by atoms with Gasteiger partial charge in [0.15, 0.2) is 15.0 Å². The SMILES string of the molecule is COc1cccc(N2C(=NC(=O)Cc3ccc(C)cc3)SC3CS(=O)(=O)CC32)c1. The van der Waals surface area contributed by atoms with E-state index < -0.39 is 9.84 Å². The van der Waals surface area contributed by atoms with Gasteiger partial charge in [0.25, 0.3) is 5.91 Å². The molecule has 2 aliphatic heterocycles. The van der Waals surface area contributed by atoms with Gasteiger partial charge < -0.3 is 9.64 Å². The van der Waals surface area contributed by atoms with E-state index in [-0.39, 0.29) is 35.1 Å². The van der Waals surface area contributed by atoms with Crippen molar-refractivity contribution in [2.45, 2.75) is 24.6 Å². The van der Waals surface area contributed by atoms with Gasteiger partial charge >= 0.3 is 0 Å². The Balaban J connectivity index is 1.64. The monoisotopic (exact) mass is 430 g/mol. The van der Waals surface area contributed by atoms with Crippen molar-refractivity contribution in [2.75, 3.05) is 23.5 Å². The van der Waals surface area contributed by atoms with Crippen molar-refractivity contribution in [1.82, 2.24) is 0 Å². The minimum absolute atomic E-state index is 0.0625. The van der Waals surface area contributed by atoms with E-state index in [1.807, 2.05) is 60.4 Å². The summed E-state index contributed by atoms with van der Waals surface area (Å²) in [6.45, 7) is 2.00. The summed E-state index contributed by atoms with van der Waals surface area (Å²) in [7, 11) is -1.52. The molecule has 0 spiro atoms. The van der Waals surface area contributed by atoms with E-state index in [1.165, 1.54) is 11.8 Å². The molecule has 2 fully saturated rings. The molecule has 0 saturated carbocycles. The first-order chi connectivity index (χ1) is 13.8. The Labute approximate surface area is 174 Å². The Hall–Kier alpha value is -2.32. The van der Waals surface area contributed by atoms with Crippen molar-refractivity contribution in [1.29, 1.82) is 0 Å². The van der Waals surface area contributed by atoms with Crippen LogP contribution in [-0.4, -0.2) is 49.4 Å². The number of aliphatic imine (C=N–C) groups is 1. The zero-order valence-electron chi connectivity index (χ0n) is 16.2. The van der Waals surface area contributed by atoms with Crippen LogP contribution >= 0.6 is 11.8 Å². The molecule has 4 rings (SSSR count). The normalized spacial score (nSPS) is 23.9. The summed E-state index contributed by atoms with van der Waals surface area (Å²) >= 11 is 1.38. The average molecular weight is 431 g/mol. The van der Waals surface area contributed by atoms with Crippen LogP contribution in [0.2, 0.25) is 0 Å². The van der Waals surface area contributed by atoms with Gasteiger partial charge in [0, 0.05) is 17.0 Å². The molecule has 0 radical (unpaired) electrons. The number of carbonyl (C=O) groups is 1. The summed E-state index contributed by atoms with van der Waals surface area (Å²) < 4.78 is 29.7. The van der Waals surface area contributed by atoms with Gasteiger partial charge in [0.2, 0.25) is 0 Å². The molecule has 2 aromatic rings. The van der Waals surface area contributed by atoms with Crippen molar-refractivity contribution in [2.24, 2.45) is 4.99 Å². The second-order valence-corrected chi connectivity index (χ2v) is 10.7. The van der Waals surface area contributed by atoms with Crippen molar-refractivity contribution >= 4 is 38.4 Å². The number of sulfone groups is 1. The lowest BCUT2D eigenvalue weighted by Crippen LogP contribution is -2.37. The first kappa shape index (κ1) is 20.0. The van der Waals surface area contributed by atoms with Gasteiger partial charge in [-0.3, -0.25) is 4.79 Å². The van der Waals surface area contributed by atoms with Gasteiger partial charge in [0.05, 0.1) is 31.1 Å². The highest BCUT2D eigenvalue weighted by atomic mass is 32.2. The quantitative estimate of drug-likeness (QED) is 0.743. The van der Waals surface area contributed by atoms with Crippen molar-refractivity contribution in [3.63, 3.8) is 0 Å². The number of amides is 1. The molecular formula is C21H22N2O4S2. The molecule has 6 nitrogen and oxygen atoms in total. The molecule has 2 aliphatic rings. The molecule has 2 atom stereocenters. The van der Waals surface area contributed by atoms with E-state index in [4.69, 9.17) is 4.74 Å². The molecule has 152 valence electrons. The molecule has 0 aromatic heterocycles. The number of nitrogens with zero attached hydrogens (tertiary/aromatic N) is 2. The van der Waals surface area contributed by atoms with E-state index >= 15 is 0 Å². The fourth-order valence-electron chi connectivity index (χ4n) is 3.65. The summed E-state index contributed by atoms with van der Waals surface area (Å²) in [5.41, 5.74) is 2.82. The minimum Gasteiger partial charge on any atom is -0.497 e. The molecule has 0 bridgehead atoms. The maximum Gasteiger partial charge on any atom is 0.252 e. The molecule has 1 amide bonds. The Morgan fingerprint density at radius 1 is 1.21 bits per heavy atom. The van der Waals surface area contributed by atoms with Gasteiger partial charge in [-0.15, -0.1) is 0 Å². The lowest BCUT2D eigenvalue weighted by molar-refractivity contribution is -0.117. The number of rotatable bonds is 4. The predicted molar refractivity (Wildman–Crippen MR) is 117 cm³/mol. The fourth-order valence-corrected chi connectivity index (χ4v) is 7.58. The number of aryl methyl sites for hydroxylation is 1. The second kappa shape index (κ2) is 7.84. The van der Waals surface area contributed by atoms with E-state index in [1.54, 1.807) is 7.11 Å². The maximum atomic E-state index is 12.6. The molecular weight excluding hydrogens is 408 g/mol. The topological polar surface area (TPSA) is 76.0 Å². The maximum absolute atomic E-state index is 12.6. The largest absolute Gasteiger partial charge is 0.497 e. The van der Waals surface area contributed by atoms with Crippen molar-refractivity contribution in [3.05, 3.63) is 59.7 Å². The number of fused-ring (bicyclic) bond motifs is 1. The van der Waals surface area contributed by atoms with E-state index in [2.05, 4.69) is 4.99 Å². The molecule has 0 N–H and O–H groups in total. The first-order valence-corrected chi connectivity index (χ1v) is 12.0. The summed E-state index contributed by atoms with van der Waals surface area (Å²) in [5.74, 6) is 0.593.